The number of rotatable bonds is 10. The first-order valence-electron chi connectivity index (χ1n) is 13.4. The molecule has 5 rings (SSSR count). The topological polar surface area (TPSA) is 96.8 Å². The highest BCUT2D eigenvalue weighted by Gasteiger charge is 2.34. The molecule has 2 aromatic rings. The van der Waals surface area contributed by atoms with E-state index in [9.17, 15) is 9.90 Å². The van der Waals surface area contributed by atoms with Gasteiger partial charge in [0.15, 0.2) is 0 Å². The van der Waals surface area contributed by atoms with Crippen LogP contribution in [0.2, 0.25) is 0 Å². The summed E-state index contributed by atoms with van der Waals surface area (Å²) in [6.45, 7) is 4.72. The van der Waals surface area contributed by atoms with Crippen molar-refractivity contribution < 1.29 is 19.4 Å². The van der Waals surface area contributed by atoms with E-state index in [1.54, 1.807) is 13.3 Å². The molecule has 2 N–H and O–H groups in total. The molecule has 4 heterocycles. The third-order valence-corrected chi connectivity index (χ3v) is 8.07. The quantitative estimate of drug-likeness (QED) is 0.458. The van der Waals surface area contributed by atoms with Gasteiger partial charge in [-0.1, -0.05) is 0 Å². The molecule has 3 fully saturated rings. The number of ether oxygens (including phenoxy) is 2. The Kier molecular flexibility index (Phi) is 9.49. The van der Waals surface area contributed by atoms with Crippen LogP contribution in [0.25, 0.3) is 0 Å². The van der Waals surface area contributed by atoms with Crippen LogP contribution in [0.1, 0.15) is 67.9 Å². The summed E-state index contributed by atoms with van der Waals surface area (Å²) in [5.74, 6) is 2.08. The van der Waals surface area contributed by atoms with E-state index in [4.69, 9.17) is 9.47 Å². The van der Waals surface area contributed by atoms with Gasteiger partial charge in [-0.05, 0) is 92.5 Å². The summed E-state index contributed by atoms with van der Waals surface area (Å²) in [7, 11) is 1.68. The normalized spacial score (nSPS) is 19.6. The molecule has 0 radical (unpaired) electrons. The van der Waals surface area contributed by atoms with Crippen molar-refractivity contribution in [2.24, 2.45) is 11.8 Å². The maximum absolute atomic E-state index is 11.3. The molecule has 1 aliphatic carbocycles. The van der Waals surface area contributed by atoms with E-state index in [1.807, 2.05) is 18.3 Å². The highest BCUT2D eigenvalue weighted by Crippen LogP contribution is 2.45. The first kappa shape index (κ1) is 27.5. The summed E-state index contributed by atoms with van der Waals surface area (Å²) in [6, 6.07) is 6.01. The molecule has 2 aliphatic heterocycles. The molecule has 1 atom stereocenters. The molecule has 2 saturated heterocycles. The number of carboxylic acids is 1. The monoisotopic (exact) mass is 530 g/mol. The lowest BCUT2D eigenvalue weighted by Gasteiger charge is -2.36. The van der Waals surface area contributed by atoms with E-state index >= 15 is 0 Å². The summed E-state index contributed by atoms with van der Waals surface area (Å²) in [5.41, 5.74) is 3.66. The van der Waals surface area contributed by atoms with Gasteiger partial charge in [0, 0.05) is 43.3 Å². The second kappa shape index (κ2) is 12.8. The van der Waals surface area contributed by atoms with Gasteiger partial charge in [0.05, 0.1) is 20.1 Å². The molecule has 0 amide bonds. The minimum absolute atomic E-state index is 0. The number of piperidine rings is 2. The number of aromatic nitrogens is 2. The number of hydrogen-bond donors (Lipinski definition) is 2. The molecule has 0 spiro atoms. The van der Waals surface area contributed by atoms with Crippen molar-refractivity contribution in [2.45, 2.75) is 56.8 Å². The van der Waals surface area contributed by atoms with Crippen LogP contribution in [0.5, 0.6) is 11.8 Å². The SMILES string of the molecule is COc1cc(N2CCC(COc3cc([C@@H](CC(=O)O)C4CC4)ccn3)CC2)c(C2CCNCC2)cn1.Cl. The van der Waals surface area contributed by atoms with Gasteiger partial charge < -0.3 is 24.8 Å². The zero-order chi connectivity index (χ0) is 24.9. The van der Waals surface area contributed by atoms with Crippen molar-refractivity contribution in [1.29, 1.82) is 0 Å². The Labute approximate surface area is 225 Å². The van der Waals surface area contributed by atoms with Crippen LogP contribution in [0, 0.1) is 11.8 Å². The van der Waals surface area contributed by atoms with E-state index in [1.165, 1.54) is 11.3 Å². The minimum atomic E-state index is -0.743. The Balaban J connectivity index is 0.00000320. The van der Waals surface area contributed by atoms with Gasteiger partial charge in [-0.25, -0.2) is 9.97 Å². The molecule has 1 saturated carbocycles. The average molecular weight is 531 g/mol. The van der Waals surface area contributed by atoms with Crippen molar-refractivity contribution in [3.8, 4) is 11.8 Å². The summed E-state index contributed by atoms with van der Waals surface area (Å²) in [6.07, 6.45) is 10.6. The van der Waals surface area contributed by atoms with Gasteiger partial charge >= 0.3 is 5.97 Å². The molecule has 8 nitrogen and oxygen atoms in total. The fraction of sp³-hybridized carbons (Fsp3) is 0.607. The molecule has 9 heteroatoms. The Morgan fingerprint density at radius 2 is 1.86 bits per heavy atom. The van der Waals surface area contributed by atoms with Gasteiger partial charge in [-0.3, -0.25) is 4.79 Å². The van der Waals surface area contributed by atoms with Gasteiger partial charge in [0.1, 0.15) is 0 Å². The number of nitrogens with zero attached hydrogens (tertiary/aromatic N) is 3. The van der Waals surface area contributed by atoms with E-state index in [2.05, 4.69) is 26.3 Å². The lowest BCUT2D eigenvalue weighted by molar-refractivity contribution is -0.137. The Hall–Kier alpha value is -2.58. The van der Waals surface area contributed by atoms with Crippen LogP contribution in [-0.4, -0.2) is 60.9 Å². The summed E-state index contributed by atoms with van der Waals surface area (Å²) >= 11 is 0. The van der Waals surface area contributed by atoms with Crippen molar-refractivity contribution in [1.82, 2.24) is 15.3 Å². The third-order valence-electron chi connectivity index (χ3n) is 8.07. The molecular formula is C28H39ClN4O4. The van der Waals surface area contributed by atoms with Gasteiger partial charge in [-0.15, -0.1) is 12.4 Å². The number of carbonyl (C=O) groups is 1. The largest absolute Gasteiger partial charge is 0.481 e. The molecule has 202 valence electrons. The van der Waals surface area contributed by atoms with Crippen LogP contribution < -0.4 is 19.7 Å². The van der Waals surface area contributed by atoms with Crippen LogP contribution in [0.15, 0.2) is 30.6 Å². The third kappa shape index (κ3) is 7.05. The number of halogens is 1. The smallest absolute Gasteiger partial charge is 0.303 e. The molecular weight excluding hydrogens is 492 g/mol. The van der Waals surface area contributed by atoms with Crippen molar-refractivity contribution in [3.63, 3.8) is 0 Å². The fourth-order valence-electron chi connectivity index (χ4n) is 5.79. The predicted octanol–water partition coefficient (Wildman–Crippen LogP) is 4.64. The molecule has 37 heavy (non-hydrogen) atoms. The first-order chi connectivity index (χ1) is 17.6. The molecule has 0 unspecified atom stereocenters. The number of carboxylic acid groups (broad SMARTS) is 1. The van der Waals surface area contributed by atoms with Gasteiger partial charge in [0.25, 0.3) is 0 Å². The van der Waals surface area contributed by atoms with E-state index in [0.29, 0.717) is 36.1 Å². The summed E-state index contributed by atoms with van der Waals surface area (Å²) in [5, 5.41) is 12.8. The second-order valence-corrected chi connectivity index (χ2v) is 10.5. The molecule has 0 bridgehead atoms. The number of aliphatic carboxylic acids is 1. The Morgan fingerprint density at radius 3 is 2.54 bits per heavy atom. The number of pyridine rings is 2. The molecule has 2 aromatic heterocycles. The number of methoxy groups -OCH3 is 1. The Morgan fingerprint density at radius 1 is 1.11 bits per heavy atom. The van der Waals surface area contributed by atoms with Crippen LogP contribution in [0.3, 0.4) is 0 Å². The van der Waals surface area contributed by atoms with Crippen LogP contribution >= 0.6 is 12.4 Å². The average Bonchev–Trinajstić information content (AvgIpc) is 3.76. The van der Waals surface area contributed by atoms with E-state index in [0.717, 1.165) is 70.3 Å². The molecule has 3 aliphatic rings. The zero-order valence-electron chi connectivity index (χ0n) is 21.6. The van der Waals surface area contributed by atoms with E-state index < -0.39 is 5.97 Å². The highest BCUT2D eigenvalue weighted by atomic mass is 35.5. The summed E-state index contributed by atoms with van der Waals surface area (Å²) < 4.78 is 11.6. The number of anilines is 1. The Bertz CT molecular complexity index is 1040. The lowest BCUT2D eigenvalue weighted by atomic mass is 9.89. The van der Waals surface area contributed by atoms with Gasteiger partial charge in [0.2, 0.25) is 11.8 Å². The van der Waals surface area contributed by atoms with Crippen LogP contribution in [-0.2, 0) is 4.79 Å². The maximum atomic E-state index is 11.3. The minimum Gasteiger partial charge on any atom is -0.481 e. The van der Waals surface area contributed by atoms with Crippen molar-refractivity contribution in [3.05, 3.63) is 41.7 Å². The second-order valence-electron chi connectivity index (χ2n) is 10.5. The fourth-order valence-corrected chi connectivity index (χ4v) is 5.79. The number of nitrogens with one attached hydrogen (secondary N) is 1. The zero-order valence-corrected chi connectivity index (χ0v) is 22.4. The van der Waals surface area contributed by atoms with Gasteiger partial charge in [-0.2, -0.15) is 0 Å². The number of hydrogen-bond acceptors (Lipinski definition) is 7. The maximum Gasteiger partial charge on any atom is 0.303 e. The summed E-state index contributed by atoms with van der Waals surface area (Å²) in [4.78, 5) is 22.8. The van der Waals surface area contributed by atoms with Crippen LogP contribution in [0.4, 0.5) is 5.69 Å². The van der Waals surface area contributed by atoms with Crippen molar-refractivity contribution in [2.75, 3.05) is 44.8 Å². The highest BCUT2D eigenvalue weighted by molar-refractivity contribution is 5.85. The van der Waals surface area contributed by atoms with E-state index in [-0.39, 0.29) is 24.7 Å². The first-order valence-corrected chi connectivity index (χ1v) is 13.4. The lowest BCUT2D eigenvalue weighted by Crippen LogP contribution is -2.37. The standard InChI is InChI=1S/C28H38N4O4.ClH/c1-35-26-16-25(24(17-31-26)21-4-9-29-10-5-21)32-12-7-19(8-13-32)18-36-27-14-22(6-11-30-27)23(15-28(33)34)20-2-3-20;/h6,11,14,16-17,19-21,23,29H,2-5,7-10,12-13,15,18H2,1H3,(H,33,34);1H/t23-;/m0./s1. The predicted molar refractivity (Wildman–Crippen MR) is 145 cm³/mol. The van der Waals surface area contributed by atoms with Crippen molar-refractivity contribution >= 4 is 24.1 Å². The molecule has 0 aromatic carbocycles.